The number of rotatable bonds is 56. The molecule has 73 heavy (non-hydrogen) atoms. The normalized spacial score (nSPS) is 18.8. The minimum Gasteiger partial charge on any atom is -0.373 e. The highest BCUT2D eigenvalue weighted by Gasteiger charge is 2.37. The molecule has 0 radical (unpaired) electrons. The standard InChI is InChI=1S/C60H117NO9P2S/c1-5-7-8-9-10-11-12-13-14-15-16-17-18-19-20-21-22-23-24-25-26-27-28-29-30-31-32-33-34-35-36-37-38-39-40-41-42-43-46-50-67-71(3,64)69-55-57-56(49-52-66-57)70-72(4,65)68-51-47-44-45-48-53-73-58-54-59(62)61(6-2)60(58)63/h56-58,64-65H,3-55H2,1-2H3. The first-order chi connectivity index (χ1) is 35.6. The summed E-state index contributed by atoms with van der Waals surface area (Å²) in [7, 11) is -6.57. The Morgan fingerprint density at radius 3 is 1.21 bits per heavy atom. The predicted octanol–water partition coefficient (Wildman–Crippen LogP) is 18.3. The number of ether oxygens (including phenoxy) is 1. The third-order valence-corrected chi connectivity index (χ3v) is 18.7. The molecule has 0 aliphatic carbocycles. The summed E-state index contributed by atoms with van der Waals surface area (Å²) in [5.74, 6) is 0.702. The molecule has 0 saturated carbocycles. The molecule has 0 aromatic carbocycles. The van der Waals surface area contributed by atoms with Crippen molar-refractivity contribution in [3.8, 4) is 0 Å². The first kappa shape index (κ1) is 68.9. The number of carbonyl (C=O) groups is 2. The van der Waals surface area contributed by atoms with Crippen molar-refractivity contribution in [1.82, 2.24) is 4.90 Å². The van der Waals surface area contributed by atoms with Crippen molar-refractivity contribution in [3.63, 3.8) is 0 Å². The molecule has 13 heteroatoms. The zero-order valence-electron chi connectivity index (χ0n) is 47.7. The van der Waals surface area contributed by atoms with Crippen molar-refractivity contribution >= 4 is 51.3 Å². The van der Waals surface area contributed by atoms with Crippen molar-refractivity contribution in [2.75, 3.05) is 38.7 Å². The van der Waals surface area contributed by atoms with Gasteiger partial charge >= 0.3 is 0 Å². The van der Waals surface area contributed by atoms with Crippen LogP contribution in [0.25, 0.3) is 0 Å². The minimum absolute atomic E-state index is 0.0489. The Balaban J connectivity index is 1.25. The highest BCUT2D eigenvalue weighted by atomic mass is 32.2. The van der Waals surface area contributed by atoms with E-state index >= 15 is 0 Å². The second kappa shape index (κ2) is 47.8. The molecule has 0 spiro atoms. The second-order valence-electron chi connectivity index (χ2n) is 22.0. The molecule has 0 bridgehead atoms. The fraction of sp³-hybridized carbons (Fsp3) is 0.933. The maximum atomic E-state index is 12.3. The molecule has 2 rings (SSSR count). The summed E-state index contributed by atoms with van der Waals surface area (Å²) >= 11 is 1.57. The largest absolute Gasteiger partial charge is 0.373 e. The lowest BCUT2D eigenvalue weighted by molar-refractivity contribution is -0.137. The van der Waals surface area contributed by atoms with Crippen LogP contribution in [0.2, 0.25) is 0 Å². The average molecular weight is 1090 g/mol. The summed E-state index contributed by atoms with van der Waals surface area (Å²) in [5, 5.41) is -0.244. The number of thioether (sulfide) groups is 1. The number of hydrogen-bond acceptors (Lipinski definition) is 10. The Hall–Kier alpha value is -0.190. The third kappa shape index (κ3) is 39.8. The van der Waals surface area contributed by atoms with Crippen LogP contribution in [0.4, 0.5) is 0 Å². The molecule has 2 N–H and O–H groups in total. The minimum atomic E-state index is -3.32. The lowest BCUT2D eigenvalue weighted by Gasteiger charge is -2.26. The van der Waals surface area contributed by atoms with Gasteiger partial charge in [0.1, 0.15) is 6.10 Å². The maximum absolute atomic E-state index is 12.3. The van der Waals surface area contributed by atoms with Crippen molar-refractivity contribution in [2.45, 2.75) is 320 Å². The van der Waals surface area contributed by atoms with Gasteiger partial charge in [-0.3, -0.25) is 14.5 Å². The third-order valence-electron chi connectivity index (χ3n) is 15.1. The topological polar surface area (TPSA) is 124 Å². The molecule has 432 valence electrons. The molecule has 2 amide bonds. The Morgan fingerprint density at radius 1 is 0.507 bits per heavy atom. The van der Waals surface area contributed by atoms with E-state index in [1.54, 1.807) is 11.8 Å². The van der Waals surface area contributed by atoms with E-state index in [4.69, 9.17) is 22.8 Å². The van der Waals surface area contributed by atoms with Gasteiger partial charge in [0, 0.05) is 26.0 Å². The van der Waals surface area contributed by atoms with Crippen LogP contribution in [0.15, 0.2) is 0 Å². The SMILES string of the molecule is C=P(O)(OCCCCCCCCCCCCCCCCCCCCCCCCCCCCCCCCCCCCCCCCC)OCC1OCCC1OP(=C)(O)OCCCCCCSC1CC(=O)N(CC)C1=O. The fourth-order valence-electron chi connectivity index (χ4n) is 10.4. The van der Waals surface area contributed by atoms with Gasteiger partial charge in [0.05, 0.1) is 31.2 Å². The van der Waals surface area contributed by atoms with Gasteiger partial charge in [-0.15, -0.1) is 11.8 Å². The Labute approximate surface area is 455 Å². The van der Waals surface area contributed by atoms with E-state index in [2.05, 4.69) is 19.5 Å². The summed E-state index contributed by atoms with van der Waals surface area (Å²) in [6.07, 6.45) is 65.8. The fourth-order valence-corrected chi connectivity index (χ4v) is 13.6. The first-order valence-electron chi connectivity index (χ1n) is 31.2. The van der Waals surface area contributed by atoms with E-state index in [0.717, 1.165) is 44.3 Å². The molecule has 2 aliphatic rings. The molecule has 0 aromatic heterocycles. The number of hydrogen-bond donors (Lipinski definition) is 2. The molecule has 0 aromatic rings. The van der Waals surface area contributed by atoms with Gasteiger partial charge in [0.15, 0.2) is 0 Å². The molecule has 2 heterocycles. The number of amides is 2. The zero-order chi connectivity index (χ0) is 52.8. The van der Waals surface area contributed by atoms with Crippen LogP contribution in [-0.2, 0) is 32.4 Å². The number of imide groups is 1. The molecule has 2 aliphatic heterocycles. The molecule has 5 atom stereocenters. The van der Waals surface area contributed by atoms with E-state index in [1.165, 1.54) is 242 Å². The van der Waals surface area contributed by atoms with Crippen molar-refractivity contribution < 1.29 is 42.2 Å². The summed E-state index contributed by atoms with van der Waals surface area (Å²) < 4.78 is 28.7. The Morgan fingerprint density at radius 2 is 0.849 bits per heavy atom. The monoisotopic (exact) mass is 1090 g/mol. The summed E-state index contributed by atoms with van der Waals surface area (Å²) in [4.78, 5) is 47.0. The highest BCUT2D eigenvalue weighted by Crippen LogP contribution is 2.48. The average Bonchev–Trinajstić information content (AvgIpc) is 3.93. The molecular formula is C60H117NO9P2S. The number of carbonyl (C=O) groups excluding carboxylic acids is 2. The van der Waals surface area contributed by atoms with E-state index in [1.807, 2.05) is 6.92 Å². The summed E-state index contributed by atoms with van der Waals surface area (Å²) in [6.45, 7) is 5.81. The summed E-state index contributed by atoms with van der Waals surface area (Å²) in [6, 6.07) is 0. The highest BCUT2D eigenvalue weighted by molar-refractivity contribution is 8.00. The van der Waals surface area contributed by atoms with Crippen LogP contribution in [0, 0.1) is 0 Å². The molecule has 2 saturated heterocycles. The van der Waals surface area contributed by atoms with E-state index in [-0.39, 0.29) is 23.7 Å². The molecule has 2 fully saturated rings. The van der Waals surface area contributed by atoms with Gasteiger partial charge in [0.25, 0.3) is 0 Å². The van der Waals surface area contributed by atoms with Crippen molar-refractivity contribution in [3.05, 3.63) is 0 Å². The van der Waals surface area contributed by atoms with Gasteiger partial charge in [-0.1, -0.05) is 264 Å². The molecular weight excluding hydrogens is 973 g/mol. The van der Waals surface area contributed by atoms with Gasteiger partial charge in [-0.05, 0) is 44.5 Å². The number of nitrogens with zero attached hydrogens (tertiary/aromatic N) is 1. The van der Waals surface area contributed by atoms with Gasteiger partial charge in [-0.25, -0.2) is 0 Å². The smallest absolute Gasteiger partial charge is 0.248 e. The number of unbranched alkanes of at least 4 members (excludes halogenated alkanes) is 41. The van der Waals surface area contributed by atoms with Crippen LogP contribution < -0.4 is 0 Å². The summed E-state index contributed by atoms with van der Waals surface area (Å²) in [5.41, 5.74) is 0. The lowest BCUT2D eigenvalue weighted by Crippen LogP contribution is -2.30. The van der Waals surface area contributed by atoms with Crippen LogP contribution in [-0.4, -0.2) is 95.3 Å². The quantitative estimate of drug-likeness (QED) is 0.0346. The van der Waals surface area contributed by atoms with Gasteiger partial charge in [0.2, 0.25) is 26.9 Å². The predicted molar refractivity (Wildman–Crippen MR) is 317 cm³/mol. The van der Waals surface area contributed by atoms with Crippen molar-refractivity contribution in [1.29, 1.82) is 0 Å². The van der Waals surface area contributed by atoms with Gasteiger partial charge in [-0.2, -0.15) is 0 Å². The Kier molecular flexibility index (Phi) is 45.1. The Bertz CT molecular complexity index is 1390. The van der Waals surface area contributed by atoms with Crippen LogP contribution in [0.5, 0.6) is 0 Å². The lowest BCUT2D eigenvalue weighted by atomic mass is 10.0. The van der Waals surface area contributed by atoms with Gasteiger partial charge < -0.3 is 32.6 Å². The zero-order valence-corrected chi connectivity index (χ0v) is 50.3. The van der Waals surface area contributed by atoms with Crippen LogP contribution in [0.3, 0.4) is 0 Å². The molecule has 10 nitrogen and oxygen atoms in total. The maximum Gasteiger partial charge on any atom is 0.248 e. The second-order valence-corrected chi connectivity index (χ2v) is 26.8. The number of likely N-dealkylation sites (tertiary alicyclic amines) is 1. The van der Waals surface area contributed by atoms with Crippen molar-refractivity contribution in [2.24, 2.45) is 0 Å². The first-order valence-corrected chi connectivity index (χ1v) is 35.8. The van der Waals surface area contributed by atoms with Crippen LogP contribution >= 0.6 is 26.9 Å². The van der Waals surface area contributed by atoms with Crippen LogP contribution in [0.1, 0.15) is 303 Å². The van der Waals surface area contributed by atoms with E-state index in [9.17, 15) is 19.4 Å². The van der Waals surface area contributed by atoms with E-state index in [0.29, 0.717) is 39.2 Å². The molecule has 5 unspecified atom stereocenters. The van der Waals surface area contributed by atoms with E-state index < -0.39 is 27.3 Å².